The van der Waals surface area contributed by atoms with Crippen molar-refractivity contribution in [2.24, 2.45) is 0 Å². The molecule has 0 radical (unpaired) electrons. The van der Waals surface area contributed by atoms with Crippen LogP contribution in [0.5, 0.6) is 5.75 Å². The van der Waals surface area contributed by atoms with Crippen molar-refractivity contribution in [1.29, 1.82) is 0 Å². The molecule has 2 N–H and O–H groups in total. The molecule has 2 heterocycles. The molecule has 0 spiro atoms. The van der Waals surface area contributed by atoms with Crippen LogP contribution in [-0.2, 0) is 10.0 Å². The van der Waals surface area contributed by atoms with Gasteiger partial charge in [0.25, 0.3) is 5.91 Å². The van der Waals surface area contributed by atoms with Gasteiger partial charge in [-0.05, 0) is 49.6 Å². The van der Waals surface area contributed by atoms with E-state index < -0.39 is 15.9 Å². The summed E-state index contributed by atoms with van der Waals surface area (Å²) in [6.45, 7) is 3.41. The molecule has 1 saturated heterocycles. The van der Waals surface area contributed by atoms with E-state index in [1.807, 2.05) is 6.92 Å². The molecule has 0 saturated carbocycles. The van der Waals surface area contributed by atoms with Crippen LogP contribution in [0.2, 0.25) is 0 Å². The van der Waals surface area contributed by atoms with Crippen LogP contribution in [-0.4, -0.2) is 57.9 Å². The Morgan fingerprint density at radius 3 is 2.47 bits per heavy atom. The number of rotatable bonds is 6. The molecule has 1 fully saturated rings. The Morgan fingerprint density at radius 2 is 1.82 bits per heavy atom. The Labute approximate surface area is 198 Å². The number of ether oxygens (including phenoxy) is 1. The van der Waals surface area contributed by atoms with Crippen molar-refractivity contribution in [1.82, 2.24) is 9.29 Å². The van der Waals surface area contributed by atoms with E-state index in [0.717, 1.165) is 41.2 Å². The monoisotopic (exact) mass is 484 g/mol. The molecule has 1 aliphatic rings. The van der Waals surface area contributed by atoms with E-state index in [1.54, 1.807) is 24.3 Å². The first-order valence-electron chi connectivity index (χ1n) is 11.0. The summed E-state index contributed by atoms with van der Waals surface area (Å²) in [5.74, 6) is -0.0153. The number of benzene rings is 2. The standard InChI is InChI=1S/C24H28N4O5S/c1-15-11-22(29)26-23-18(15)12-16(13-21(23)33-4)25-24(30)19-14-17(34(31,32)27(2)3)7-8-20(19)28-9-5-6-10-28/h7-8,11-14H,5-6,9-10H2,1-4H3,(H,25,30)(H,26,29). The summed E-state index contributed by atoms with van der Waals surface area (Å²) < 4.78 is 32.0. The zero-order valence-corrected chi connectivity index (χ0v) is 20.5. The summed E-state index contributed by atoms with van der Waals surface area (Å²) in [5.41, 5.74) is 2.49. The minimum Gasteiger partial charge on any atom is -0.494 e. The quantitative estimate of drug-likeness (QED) is 0.556. The van der Waals surface area contributed by atoms with Gasteiger partial charge in [0.05, 0.1) is 23.1 Å². The molecule has 4 rings (SSSR count). The number of nitrogens with one attached hydrogen (secondary N) is 2. The summed E-state index contributed by atoms with van der Waals surface area (Å²) in [7, 11) is 0.686. The lowest BCUT2D eigenvalue weighted by Crippen LogP contribution is -2.25. The molecular weight excluding hydrogens is 456 g/mol. The van der Waals surface area contributed by atoms with E-state index in [2.05, 4.69) is 15.2 Å². The first kappa shape index (κ1) is 23.8. The van der Waals surface area contributed by atoms with Crippen LogP contribution < -0.4 is 20.5 Å². The summed E-state index contributed by atoms with van der Waals surface area (Å²) in [5, 5.41) is 3.63. The lowest BCUT2D eigenvalue weighted by Gasteiger charge is -2.22. The van der Waals surface area contributed by atoms with Gasteiger partial charge < -0.3 is 19.9 Å². The third-order valence-corrected chi connectivity index (χ3v) is 7.85. The van der Waals surface area contributed by atoms with Crippen molar-refractivity contribution in [3.05, 3.63) is 57.9 Å². The fourth-order valence-corrected chi connectivity index (χ4v) is 5.15. The molecule has 0 bridgehead atoms. The smallest absolute Gasteiger partial charge is 0.257 e. The molecule has 0 atom stereocenters. The second-order valence-electron chi connectivity index (χ2n) is 8.53. The van der Waals surface area contributed by atoms with Gasteiger partial charge in [-0.2, -0.15) is 0 Å². The number of aromatic amines is 1. The SMILES string of the molecule is COc1cc(NC(=O)c2cc(S(=O)(=O)N(C)C)ccc2N2CCCC2)cc2c(C)cc(=O)[nH]c12. The third-order valence-electron chi connectivity index (χ3n) is 6.04. The molecule has 0 aliphatic carbocycles. The number of methoxy groups -OCH3 is 1. The average molecular weight is 485 g/mol. The summed E-state index contributed by atoms with van der Waals surface area (Å²) in [6.07, 6.45) is 2.02. The topological polar surface area (TPSA) is 112 Å². The summed E-state index contributed by atoms with van der Waals surface area (Å²) in [6, 6.07) is 9.54. The Bertz CT molecular complexity index is 1420. The van der Waals surface area contributed by atoms with E-state index in [0.29, 0.717) is 22.6 Å². The van der Waals surface area contributed by atoms with Crippen LogP contribution in [0.1, 0.15) is 28.8 Å². The lowest BCUT2D eigenvalue weighted by molar-refractivity contribution is 0.102. The van der Waals surface area contributed by atoms with Crippen molar-refractivity contribution >= 4 is 38.2 Å². The van der Waals surface area contributed by atoms with Crippen molar-refractivity contribution in [2.45, 2.75) is 24.7 Å². The highest BCUT2D eigenvalue weighted by atomic mass is 32.2. The van der Waals surface area contributed by atoms with Crippen LogP contribution in [0.25, 0.3) is 10.9 Å². The van der Waals surface area contributed by atoms with Crippen molar-refractivity contribution in [3.8, 4) is 5.75 Å². The zero-order chi connectivity index (χ0) is 24.6. The highest BCUT2D eigenvalue weighted by molar-refractivity contribution is 7.89. The fraction of sp³-hybridized carbons (Fsp3) is 0.333. The first-order valence-corrected chi connectivity index (χ1v) is 12.4. The van der Waals surface area contributed by atoms with Gasteiger partial charge in [0.1, 0.15) is 5.75 Å². The van der Waals surface area contributed by atoms with Crippen molar-refractivity contribution in [3.63, 3.8) is 0 Å². The van der Waals surface area contributed by atoms with E-state index in [9.17, 15) is 18.0 Å². The lowest BCUT2D eigenvalue weighted by atomic mass is 10.1. The number of hydrogen-bond donors (Lipinski definition) is 2. The molecular formula is C24H28N4O5S. The van der Waals surface area contributed by atoms with Gasteiger partial charge in [-0.25, -0.2) is 12.7 Å². The predicted octanol–water partition coefficient (Wildman–Crippen LogP) is 2.95. The fourth-order valence-electron chi connectivity index (χ4n) is 4.22. The molecule has 1 amide bonds. The Morgan fingerprint density at radius 1 is 1.12 bits per heavy atom. The number of pyridine rings is 1. The normalized spacial score (nSPS) is 14.1. The number of sulfonamides is 1. The van der Waals surface area contributed by atoms with E-state index in [4.69, 9.17) is 4.74 Å². The maximum Gasteiger partial charge on any atom is 0.257 e. The second-order valence-corrected chi connectivity index (χ2v) is 10.7. The van der Waals surface area contributed by atoms with E-state index >= 15 is 0 Å². The Balaban J connectivity index is 1.79. The maximum atomic E-state index is 13.5. The van der Waals surface area contributed by atoms with E-state index in [-0.39, 0.29) is 16.0 Å². The molecule has 1 aromatic heterocycles. The molecule has 2 aromatic carbocycles. The van der Waals surface area contributed by atoms with Gasteiger partial charge in [0, 0.05) is 56.1 Å². The van der Waals surface area contributed by atoms with Crippen molar-refractivity contribution in [2.75, 3.05) is 44.5 Å². The zero-order valence-electron chi connectivity index (χ0n) is 19.6. The van der Waals surface area contributed by atoms with Crippen LogP contribution in [0.4, 0.5) is 11.4 Å². The summed E-state index contributed by atoms with van der Waals surface area (Å²) >= 11 is 0. The minimum absolute atomic E-state index is 0.0510. The average Bonchev–Trinajstić information content (AvgIpc) is 3.33. The Hall–Kier alpha value is -3.37. The Kier molecular flexibility index (Phi) is 6.37. The third kappa shape index (κ3) is 4.38. The number of fused-ring (bicyclic) bond motifs is 1. The molecule has 34 heavy (non-hydrogen) atoms. The minimum atomic E-state index is -3.71. The van der Waals surface area contributed by atoms with Crippen LogP contribution in [0.3, 0.4) is 0 Å². The molecule has 10 heteroatoms. The van der Waals surface area contributed by atoms with Gasteiger partial charge in [0.2, 0.25) is 15.6 Å². The number of amides is 1. The molecule has 1 aliphatic heterocycles. The molecule has 0 unspecified atom stereocenters. The van der Waals surface area contributed by atoms with Crippen LogP contribution in [0.15, 0.2) is 46.1 Å². The van der Waals surface area contributed by atoms with Crippen molar-refractivity contribution < 1.29 is 17.9 Å². The highest BCUT2D eigenvalue weighted by Gasteiger charge is 2.25. The number of aryl methyl sites for hydroxylation is 1. The number of aromatic nitrogens is 1. The maximum absolute atomic E-state index is 13.5. The molecule has 3 aromatic rings. The van der Waals surface area contributed by atoms with Gasteiger partial charge in [0.15, 0.2) is 0 Å². The number of anilines is 2. The number of nitrogens with zero attached hydrogens (tertiary/aromatic N) is 2. The number of carbonyl (C=O) groups excluding carboxylic acids is 1. The van der Waals surface area contributed by atoms with E-state index in [1.165, 1.54) is 33.3 Å². The molecule has 9 nitrogen and oxygen atoms in total. The first-order chi connectivity index (χ1) is 16.1. The van der Waals surface area contributed by atoms with Crippen LogP contribution in [0, 0.1) is 6.92 Å². The largest absolute Gasteiger partial charge is 0.494 e. The molecule has 180 valence electrons. The van der Waals surface area contributed by atoms with Gasteiger partial charge in [-0.1, -0.05) is 0 Å². The highest BCUT2D eigenvalue weighted by Crippen LogP contribution is 2.32. The van der Waals surface area contributed by atoms with Crippen LogP contribution >= 0.6 is 0 Å². The number of H-pyrrole nitrogens is 1. The number of hydrogen-bond acceptors (Lipinski definition) is 6. The predicted molar refractivity (Wildman–Crippen MR) is 133 cm³/mol. The number of carbonyl (C=O) groups is 1. The summed E-state index contributed by atoms with van der Waals surface area (Å²) in [4.78, 5) is 30.3. The van der Waals surface area contributed by atoms with Gasteiger partial charge in [-0.3, -0.25) is 9.59 Å². The second kappa shape index (κ2) is 9.11. The van der Waals surface area contributed by atoms with Gasteiger partial charge >= 0.3 is 0 Å². The van der Waals surface area contributed by atoms with Gasteiger partial charge in [-0.15, -0.1) is 0 Å².